The van der Waals surface area contributed by atoms with Gasteiger partial charge in [0, 0.05) is 147 Å². The van der Waals surface area contributed by atoms with Crippen LogP contribution in [-0.4, -0.2) is 139 Å². The summed E-state index contributed by atoms with van der Waals surface area (Å²) in [6.45, 7) is 3.25. The van der Waals surface area contributed by atoms with Crippen LogP contribution in [0.5, 0.6) is 0 Å². The van der Waals surface area contributed by atoms with E-state index in [1.54, 1.807) is 156 Å². The van der Waals surface area contributed by atoms with Crippen LogP contribution in [0.2, 0.25) is 0 Å². The number of nitriles is 3. The third-order valence-electron chi connectivity index (χ3n) is 25.6. The Morgan fingerprint density at radius 1 is 0.448 bits per heavy atom. The van der Waals surface area contributed by atoms with E-state index >= 15 is 0 Å². The molecule has 42 heteroatoms. The van der Waals surface area contributed by atoms with Crippen molar-refractivity contribution in [3.8, 4) is 18.2 Å². The summed E-state index contributed by atoms with van der Waals surface area (Å²) in [5, 5.41) is 71.6. The Bertz CT molecular complexity index is 9070. The minimum atomic E-state index is -3.90. The first kappa shape index (κ1) is 99.8. The molecule has 3 unspecified atom stereocenters. The van der Waals surface area contributed by atoms with Gasteiger partial charge in [-0.1, -0.05) is 81.2 Å². The zero-order valence-corrected chi connectivity index (χ0v) is 83.8. The number of halogens is 1. The number of hydrogen-bond acceptors (Lipinski definition) is 25. The van der Waals surface area contributed by atoms with E-state index in [2.05, 4.69) is 87.1 Å². The third-order valence-corrected chi connectivity index (χ3v) is 30.5. The summed E-state index contributed by atoms with van der Waals surface area (Å²) < 4.78 is 88.9. The summed E-state index contributed by atoms with van der Waals surface area (Å²) in [4.78, 5) is 65.7. The number of amides is 1. The molecule has 3 fully saturated rings. The molecule has 3 aliphatic heterocycles. The number of aromatic amines is 1. The van der Waals surface area contributed by atoms with Crippen molar-refractivity contribution < 1.29 is 54.7 Å². The number of aryl methyl sites for hydroxylation is 4. The zero-order chi connectivity index (χ0) is 100. The second kappa shape index (κ2) is 42.7. The van der Waals surface area contributed by atoms with Crippen molar-refractivity contribution in [1.82, 2.24) is 96.9 Å². The Morgan fingerprint density at radius 2 is 0.834 bits per heavy atom. The maximum Gasteiger partial charge on any atom is 1.00 e. The number of carbonyl (C=O) groups is 1. The van der Waals surface area contributed by atoms with Crippen molar-refractivity contribution in [2.45, 2.75) is 137 Å². The number of carbonyl (C=O) groups excluding carboxylic acids is 1. The Labute approximate surface area is 857 Å². The van der Waals surface area contributed by atoms with E-state index in [0.717, 1.165) is 122 Å². The van der Waals surface area contributed by atoms with Gasteiger partial charge in [-0.3, -0.25) is 29.1 Å². The molecule has 3 atom stereocenters. The second-order valence-electron chi connectivity index (χ2n) is 34.8. The Balaban J connectivity index is 0.000000123. The SMILES string of the molecule is Cn1c2ccc(Br)cc2c2cnn(Cc3cccc(C#N)c3)c(=O)c21.Cn1c2ccc(S(=O)(=O)c3ccn(C4CCCCO4)n3)cc2c2cnn(Cc3cccc(C#N)c3)c(=O)c21.Cn1c2ccc(S(=O)(=O)c3ccn[nH]3)cc2c2cnn(Cc3cccc(C(N)=O)c3)c(=O)c21.Cn1c2ccc(Sc3ccn(C4CCCCO4)n3)cc2c2cnn(Cc3cccc(C#N)c3)c(=O)c21.[Li+].[S-]c1ccn(C2CCCCO2)n1. The third kappa shape index (κ3) is 20.6. The molecule has 726 valence electrons. The van der Waals surface area contributed by atoms with Crippen molar-refractivity contribution in [2.75, 3.05) is 19.8 Å². The number of sulfone groups is 2. The molecule has 20 aromatic rings. The van der Waals surface area contributed by atoms with Crippen LogP contribution >= 0.6 is 27.7 Å². The zero-order valence-electron chi connectivity index (χ0n) is 79.0. The number of H-pyrrole nitrogens is 1. The van der Waals surface area contributed by atoms with Gasteiger partial charge in [-0.25, -0.2) is 54.7 Å². The maximum absolute atomic E-state index is 13.5. The number of benzene rings is 8. The van der Waals surface area contributed by atoms with E-state index in [1.807, 2.05) is 112 Å². The summed E-state index contributed by atoms with van der Waals surface area (Å²) in [6, 6.07) is 62.9. The van der Waals surface area contributed by atoms with E-state index < -0.39 is 25.6 Å². The normalized spacial score (nSPS) is 14.8. The van der Waals surface area contributed by atoms with Crippen LogP contribution in [0, 0.1) is 34.0 Å². The van der Waals surface area contributed by atoms with Gasteiger partial charge in [-0.05, 0) is 226 Å². The van der Waals surface area contributed by atoms with Crippen LogP contribution in [0.15, 0.2) is 302 Å². The summed E-state index contributed by atoms with van der Waals surface area (Å²) in [7, 11) is -0.374. The molecule has 36 nitrogen and oxygen atoms in total. The fourth-order valence-electron chi connectivity index (χ4n) is 18.3. The summed E-state index contributed by atoms with van der Waals surface area (Å²) >= 11 is 9.98. The molecule has 3 saturated heterocycles. The molecule has 1 amide bonds. The van der Waals surface area contributed by atoms with Crippen LogP contribution < -0.4 is 46.8 Å². The number of primary amides is 1. The van der Waals surface area contributed by atoms with E-state index in [4.69, 9.17) is 53.5 Å². The first-order chi connectivity index (χ1) is 69.7. The molecular formula is C103H90BrLiN24O12S4. The first-order valence-electron chi connectivity index (χ1n) is 46.0. The van der Waals surface area contributed by atoms with Gasteiger partial charge in [0.1, 0.15) is 45.8 Å². The molecule has 8 aromatic carbocycles. The summed E-state index contributed by atoms with van der Waals surface area (Å²) in [5.41, 5.74) is 15.0. The summed E-state index contributed by atoms with van der Waals surface area (Å²) in [5.74, 6) is -0.554. The number of fused-ring (bicyclic) bond motifs is 12. The van der Waals surface area contributed by atoms with Gasteiger partial charge < -0.3 is 50.8 Å². The predicted molar refractivity (Wildman–Crippen MR) is 545 cm³/mol. The van der Waals surface area contributed by atoms with Crippen LogP contribution in [0.1, 0.15) is 126 Å². The maximum atomic E-state index is 13.5. The molecule has 0 aliphatic carbocycles. The minimum absolute atomic E-state index is 0. The average Bonchev–Trinajstić information content (AvgIpc) is 1.61. The van der Waals surface area contributed by atoms with E-state index in [9.17, 15) is 40.8 Å². The Morgan fingerprint density at radius 3 is 1.24 bits per heavy atom. The number of ether oxygens (including phenoxy) is 3. The van der Waals surface area contributed by atoms with Crippen molar-refractivity contribution in [1.29, 1.82) is 15.8 Å². The van der Waals surface area contributed by atoms with Crippen molar-refractivity contribution in [3.05, 3.63) is 334 Å². The van der Waals surface area contributed by atoms with Gasteiger partial charge in [0.05, 0.1) is 102 Å². The number of nitrogens with one attached hydrogen (secondary N) is 1. The molecule has 0 spiro atoms. The molecule has 3 N–H and O–H groups in total. The number of nitrogens with two attached hydrogens (primary N) is 1. The molecule has 23 rings (SSSR count). The van der Waals surface area contributed by atoms with Crippen molar-refractivity contribution in [3.63, 3.8) is 0 Å². The summed E-state index contributed by atoms with van der Waals surface area (Å²) in [6.07, 6.45) is 22.9. The topological polar surface area (TPSA) is 452 Å². The molecule has 145 heavy (non-hydrogen) atoms. The van der Waals surface area contributed by atoms with E-state index in [-0.39, 0.29) is 92.7 Å². The number of nitrogens with zero attached hydrogens (tertiary/aromatic N) is 22. The van der Waals surface area contributed by atoms with E-state index in [0.29, 0.717) is 107 Å². The van der Waals surface area contributed by atoms with E-state index in [1.165, 1.54) is 68.1 Å². The minimum Gasteiger partial charge on any atom is -0.758 e. The number of aromatic nitrogens is 20. The van der Waals surface area contributed by atoms with Gasteiger partial charge in [0.25, 0.3) is 22.2 Å². The van der Waals surface area contributed by atoms with Crippen LogP contribution in [0.4, 0.5) is 0 Å². The van der Waals surface area contributed by atoms with Gasteiger partial charge >= 0.3 is 18.9 Å². The van der Waals surface area contributed by atoms with Gasteiger partial charge in [0.2, 0.25) is 25.6 Å². The van der Waals surface area contributed by atoms with Gasteiger partial charge in [-0.15, -0.1) is 0 Å². The first-order valence-corrected chi connectivity index (χ1v) is 51.0. The molecular weight excluding hydrogens is 1980 g/mol. The molecule has 3 aliphatic rings. The number of rotatable bonds is 18. The van der Waals surface area contributed by atoms with Crippen LogP contribution in [0.25, 0.3) is 87.2 Å². The van der Waals surface area contributed by atoms with Crippen molar-refractivity contribution >= 4 is 153 Å². The fraction of sp³-hybridized carbons (Fsp3) is 0.223. The second-order valence-corrected chi connectivity index (χ2v) is 41.1. The Hall–Kier alpha value is -15.3. The Kier molecular flexibility index (Phi) is 29.4. The predicted octanol–water partition coefficient (Wildman–Crippen LogP) is 12.0. The smallest absolute Gasteiger partial charge is 0.758 e. The van der Waals surface area contributed by atoms with Gasteiger partial charge in [0.15, 0.2) is 10.1 Å². The molecule has 12 aromatic heterocycles. The number of hydrogen-bond donors (Lipinski definition) is 2. The monoisotopic (exact) mass is 2070 g/mol. The van der Waals surface area contributed by atoms with Gasteiger partial charge in [-0.2, -0.15) is 51.5 Å². The fourth-order valence-corrected chi connectivity index (χ4v) is 22.1. The van der Waals surface area contributed by atoms with Crippen LogP contribution in [-0.2, 0) is 101 Å². The molecule has 0 radical (unpaired) electrons. The largest absolute Gasteiger partial charge is 1.00 e. The van der Waals surface area contributed by atoms with Crippen molar-refractivity contribution in [2.24, 2.45) is 33.9 Å². The molecule has 0 saturated carbocycles. The molecule has 0 bridgehead atoms. The average molecular weight is 2070 g/mol. The quantitative estimate of drug-likeness (QED) is 0.0595. The molecule has 15 heterocycles. The standard InChI is InChI=1S/C27H24N6O4S.C27H24N6O2S.C22H18N6O4S.C19H13BrN4O.C8H12N2OS.Li/c1-31-23-9-8-20(38(35,36)24-10-11-32(30-24)25-7-2-3-12-37-25)14-21(23)22-16-29-33(27(34)26(22)31)17-19-6-4-5-18(13-19)15-28;1-31-23-9-8-20(36-24-10-11-32(30-24)25-7-2-3-12-35-25)14-21(23)22-16-29-33(27(34)26(22)31)17-19-6-4-5-18(13-19)15-28;1-27-18-6-5-15(33(31,32)19-7-8-24-26-19)10-16(18)17-11-25-28(22(30)20(17)27)12-13-3-2-4-14(9-13)21(23)29;1-23-17-6-5-14(20)8-15(17)16-10-22-24(19(25)18(16)23)11-13-4-2-3-12(7-13)9-21;12-7-4-5-10(9-7)8-3-1-2-6-11-8;/h4-6,8-11,13-14,16,25H,2-3,7,12,17H2,1H3;4-6,8-11,13-14,16,25H,2-3,7,12,17H2,1H3;2-11H,12H2,1H3,(H2,23,29)(H,24,26);2-8,10H,11H2,1H3;4-5,8H,1-3,6H2,(H,9,12);/q;;;;;+1/p-1. The van der Waals surface area contributed by atoms with Crippen LogP contribution in [0.3, 0.4) is 0 Å².